The Morgan fingerprint density at radius 3 is 2.57 bits per heavy atom. The van der Waals surface area contributed by atoms with Gasteiger partial charge in [0.25, 0.3) is 0 Å². The van der Waals surface area contributed by atoms with Crippen molar-refractivity contribution in [3.63, 3.8) is 0 Å². The number of nitrogens with one attached hydrogen (secondary N) is 3. The molecule has 5 rings (SSSR count). The van der Waals surface area contributed by atoms with Crippen LogP contribution in [0, 0.1) is 0 Å². The number of likely N-dealkylation sites (tertiary alicyclic amines) is 1. The number of methoxy groups -OCH3 is 1. The van der Waals surface area contributed by atoms with Crippen molar-refractivity contribution in [1.29, 1.82) is 0 Å². The summed E-state index contributed by atoms with van der Waals surface area (Å²) in [5, 5.41) is 17.4. The summed E-state index contributed by atoms with van der Waals surface area (Å²) in [5.41, 5.74) is 2.84. The van der Waals surface area contributed by atoms with Gasteiger partial charge >= 0.3 is 6.09 Å². The van der Waals surface area contributed by atoms with E-state index in [0.717, 1.165) is 19.3 Å². The Labute approximate surface area is 262 Å². The van der Waals surface area contributed by atoms with Crippen molar-refractivity contribution >= 4 is 52.9 Å². The molecule has 1 aliphatic heterocycles. The molecular weight excluding hydrogens is 609 g/mol. The molecule has 1 atom stereocenters. The number of anilines is 1. The number of halogens is 2. The van der Waals surface area contributed by atoms with E-state index in [9.17, 15) is 14.4 Å². The summed E-state index contributed by atoms with van der Waals surface area (Å²) in [6.45, 7) is 1.34. The highest BCUT2D eigenvalue weighted by atomic mass is 35.5. The Kier molecular flexibility index (Phi) is 9.87. The molecular formula is C29H29Cl2N9O4. The zero-order valence-electron chi connectivity index (χ0n) is 23.7. The van der Waals surface area contributed by atoms with Crippen LogP contribution in [0.5, 0.6) is 0 Å². The second kappa shape index (κ2) is 14.1. The van der Waals surface area contributed by atoms with Gasteiger partial charge in [-0.2, -0.15) is 4.68 Å². The molecule has 1 fully saturated rings. The molecule has 3 heterocycles. The predicted molar refractivity (Wildman–Crippen MR) is 164 cm³/mol. The molecule has 1 aliphatic rings. The first-order valence-corrected chi connectivity index (χ1v) is 14.6. The number of H-pyrrole nitrogens is 1. The quantitative estimate of drug-likeness (QED) is 0.220. The van der Waals surface area contributed by atoms with Gasteiger partial charge in [0.2, 0.25) is 11.8 Å². The van der Waals surface area contributed by atoms with Gasteiger partial charge in [0.05, 0.1) is 25.3 Å². The topological polar surface area (TPSA) is 160 Å². The van der Waals surface area contributed by atoms with Gasteiger partial charge < -0.3 is 19.9 Å². The van der Waals surface area contributed by atoms with Crippen LogP contribution >= 0.6 is 23.2 Å². The number of hydrogen-bond acceptors (Lipinski definition) is 8. The number of carbonyl (C=O) groups is 3. The maximum absolute atomic E-state index is 13.3. The number of amides is 3. The first-order chi connectivity index (χ1) is 21.3. The van der Waals surface area contributed by atoms with E-state index in [0.29, 0.717) is 52.1 Å². The van der Waals surface area contributed by atoms with Gasteiger partial charge in [0, 0.05) is 41.0 Å². The molecule has 0 bridgehead atoms. The fourth-order valence-electron chi connectivity index (χ4n) is 4.79. The largest absolute Gasteiger partial charge is 0.453 e. The lowest BCUT2D eigenvalue weighted by molar-refractivity contribution is -0.132. The molecule has 0 radical (unpaired) electrons. The van der Waals surface area contributed by atoms with E-state index in [1.165, 1.54) is 24.2 Å². The van der Waals surface area contributed by atoms with Gasteiger partial charge in [-0.05, 0) is 66.1 Å². The van der Waals surface area contributed by atoms with E-state index >= 15 is 0 Å². The molecule has 228 valence electrons. The molecule has 15 heteroatoms. The maximum atomic E-state index is 13.3. The molecule has 0 unspecified atom stereocenters. The van der Waals surface area contributed by atoms with E-state index in [2.05, 4.69) is 40.9 Å². The molecule has 0 spiro atoms. The van der Waals surface area contributed by atoms with Crippen LogP contribution < -0.4 is 10.6 Å². The number of rotatable bonds is 9. The average Bonchev–Trinajstić information content (AvgIpc) is 3.71. The monoisotopic (exact) mass is 637 g/mol. The molecule has 0 aliphatic carbocycles. The summed E-state index contributed by atoms with van der Waals surface area (Å²) in [7, 11) is 1.28. The first-order valence-electron chi connectivity index (χ1n) is 13.8. The number of tetrazole rings is 1. The normalized spacial score (nSPS) is 13.9. The van der Waals surface area contributed by atoms with E-state index in [1.54, 1.807) is 53.4 Å². The number of carbonyl (C=O) groups excluding carboxylic acids is 3. The second-order valence-corrected chi connectivity index (χ2v) is 10.8. The minimum Gasteiger partial charge on any atom is -0.453 e. The van der Waals surface area contributed by atoms with Crippen molar-refractivity contribution in [2.75, 3.05) is 25.5 Å². The van der Waals surface area contributed by atoms with E-state index in [4.69, 9.17) is 23.2 Å². The number of piperidine rings is 1. The Morgan fingerprint density at radius 2 is 1.86 bits per heavy atom. The molecule has 13 nitrogen and oxygen atoms in total. The number of nitrogens with zero attached hydrogens (tertiary/aromatic N) is 6. The second-order valence-electron chi connectivity index (χ2n) is 9.98. The third kappa shape index (κ3) is 7.60. The number of benzene rings is 2. The number of aromatic nitrogens is 6. The fraction of sp³-hybridized carbons (Fsp3) is 0.276. The van der Waals surface area contributed by atoms with E-state index < -0.39 is 18.0 Å². The molecule has 1 saturated heterocycles. The molecule has 2 aromatic heterocycles. The smallest absolute Gasteiger partial charge is 0.411 e. The Balaban J connectivity index is 1.38. The summed E-state index contributed by atoms with van der Waals surface area (Å²) in [6, 6.07) is 11.1. The lowest BCUT2D eigenvalue weighted by Gasteiger charge is -2.28. The third-order valence-corrected chi connectivity index (χ3v) is 7.51. The minimum atomic E-state index is -0.800. The Morgan fingerprint density at radius 1 is 1.09 bits per heavy atom. The van der Waals surface area contributed by atoms with E-state index in [-0.39, 0.29) is 17.5 Å². The minimum absolute atomic E-state index is 0.0160. The van der Waals surface area contributed by atoms with Crippen molar-refractivity contribution < 1.29 is 19.1 Å². The van der Waals surface area contributed by atoms with Crippen LogP contribution in [0.2, 0.25) is 10.2 Å². The van der Waals surface area contributed by atoms with Crippen molar-refractivity contribution in [2.45, 2.75) is 31.7 Å². The zero-order chi connectivity index (χ0) is 31.1. The molecule has 44 heavy (non-hydrogen) atoms. The number of ether oxygens (including phenoxy) is 1. The van der Waals surface area contributed by atoms with Crippen LogP contribution in [0.4, 0.5) is 10.5 Å². The third-order valence-electron chi connectivity index (χ3n) is 7.00. The van der Waals surface area contributed by atoms with Crippen LogP contribution in [0.25, 0.3) is 23.0 Å². The zero-order valence-corrected chi connectivity index (χ0v) is 25.2. The standard InChI is InChI=1S/C29H29Cl2N9O4/c1-44-29(43)33-21-9-5-18(6-10-21)26-27(31)36-28(35-26)22(16-25(42)39-13-3-2-4-14-39)34-24(41)12-7-19-15-20(30)8-11-23(19)40-17-32-37-38-40/h5-12,15,17,22H,2-4,13-14,16H2,1H3,(H,33,43)(H,34,41)(H,35,36)/b12-7+/t22-/m0/s1. The van der Waals surface area contributed by atoms with E-state index in [1.807, 2.05) is 0 Å². The number of imidazole rings is 1. The van der Waals surface area contributed by atoms with Crippen LogP contribution in [0.1, 0.15) is 43.1 Å². The van der Waals surface area contributed by atoms with Gasteiger partial charge in [-0.3, -0.25) is 14.9 Å². The highest BCUT2D eigenvalue weighted by Crippen LogP contribution is 2.30. The molecule has 4 aromatic rings. The lowest BCUT2D eigenvalue weighted by atomic mass is 10.1. The molecule has 3 amide bonds. The van der Waals surface area contributed by atoms with Crippen LogP contribution in [-0.2, 0) is 14.3 Å². The Hall–Kier alpha value is -4.75. The SMILES string of the molecule is COC(=O)Nc1ccc(-c2nc([C@H](CC(=O)N3CCCCC3)NC(=O)/C=C/c3cc(Cl)ccc3-n3cnnn3)[nH]c2Cl)cc1. The predicted octanol–water partition coefficient (Wildman–Crippen LogP) is 4.81. The molecule has 3 N–H and O–H groups in total. The van der Waals surface area contributed by atoms with Gasteiger partial charge in [0.1, 0.15) is 23.0 Å². The lowest BCUT2D eigenvalue weighted by Crippen LogP contribution is -2.39. The molecule has 0 saturated carbocycles. The van der Waals surface area contributed by atoms with Crippen molar-refractivity contribution in [2.24, 2.45) is 0 Å². The van der Waals surface area contributed by atoms with Gasteiger partial charge in [-0.15, -0.1) is 5.10 Å². The summed E-state index contributed by atoms with van der Waals surface area (Å²) in [5.74, 6) is -0.232. The van der Waals surface area contributed by atoms with Crippen LogP contribution in [-0.4, -0.2) is 73.2 Å². The Bertz CT molecular complexity index is 1650. The van der Waals surface area contributed by atoms with Crippen LogP contribution in [0.3, 0.4) is 0 Å². The number of aromatic amines is 1. The number of hydrogen-bond donors (Lipinski definition) is 3. The van der Waals surface area contributed by atoms with Crippen molar-refractivity contribution in [3.05, 3.63) is 76.4 Å². The highest BCUT2D eigenvalue weighted by Gasteiger charge is 2.26. The average molecular weight is 639 g/mol. The summed E-state index contributed by atoms with van der Waals surface area (Å²) in [4.78, 5) is 47.5. The first kappa shape index (κ1) is 30.7. The molecule has 2 aromatic carbocycles. The summed E-state index contributed by atoms with van der Waals surface area (Å²) in [6.07, 6.45) is 6.71. The van der Waals surface area contributed by atoms with Gasteiger partial charge in [-0.1, -0.05) is 35.3 Å². The fourth-order valence-corrected chi connectivity index (χ4v) is 5.22. The summed E-state index contributed by atoms with van der Waals surface area (Å²) < 4.78 is 6.08. The van der Waals surface area contributed by atoms with Crippen molar-refractivity contribution in [3.8, 4) is 16.9 Å². The maximum Gasteiger partial charge on any atom is 0.411 e. The highest BCUT2D eigenvalue weighted by molar-refractivity contribution is 6.32. The van der Waals surface area contributed by atoms with Crippen molar-refractivity contribution in [1.82, 2.24) is 40.4 Å². The van der Waals surface area contributed by atoms with Crippen LogP contribution in [0.15, 0.2) is 54.9 Å². The van der Waals surface area contributed by atoms with Gasteiger partial charge in [-0.25, -0.2) is 9.78 Å². The summed E-state index contributed by atoms with van der Waals surface area (Å²) >= 11 is 12.8. The van der Waals surface area contributed by atoms with Gasteiger partial charge in [0.15, 0.2) is 0 Å².